The Morgan fingerprint density at radius 1 is 1.15 bits per heavy atom. The first-order chi connectivity index (χ1) is 12.9. The minimum Gasteiger partial charge on any atom is -0.457 e. The normalized spacial score (nSPS) is 18.1. The molecule has 1 aliphatic rings. The molecule has 3 rings (SSSR count). The SMILES string of the molecule is O=C(NO)[C@H]1COCCN1S(=O)(=O)c1ccc(Oc2ccc(Cl)cc2)cc1. The van der Waals surface area contributed by atoms with E-state index >= 15 is 0 Å². The Morgan fingerprint density at radius 2 is 1.74 bits per heavy atom. The number of ether oxygens (including phenoxy) is 2. The van der Waals surface area contributed by atoms with Crippen LogP contribution >= 0.6 is 11.6 Å². The van der Waals surface area contributed by atoms with E-state index in [0.717, 1.165) is 4.31 Å². The quantitative estimate of drug-likeness (QED) is 0.575. The summed E-state index contributed by atoms with van der Waals surface area (Å²) >= 11 is 5.82. The van der Waals surface area contributed by atoms with Gasteiger partial charge in [0.2, 0.25) is 10.0 Å². The van der Waals surface area contributed by atoms with Gasteiger partial charge in [0, 0.05) is 11.6 Å². The van der Waals surface area contributed by atoms with Gasteiger partial charge in [-0.25, -0.2) is 13.9 Å². The predicted octanol–water partition coefficient (Wildman–Crippen LogP) is 2.03. The van der Waals surface area contributed by atoms with E-state index in [1.165, 1.54) is 29.7 Å². The number of nitrogens with zero attached hydrogens (tertiary/aromatic N) is 1. The average Bonchev–Trinajstić information content (AvgIpc) is 2.69. The molecule has 1 atom stereocenters. The van der Waals surface area contributed by atoms with Gasteiger partial charge >= 0.3 is 0 Å². The van der Waals surface area contributed by atoms with E-state index in [4.69, 9.17) is 26.3 Å². The molecule has 1 heterocycles. The van der Waals surface area contributed by atoms with Crippen LogP contribution in [0.4, 0.5) is 0 Å². The Morgan fingerprint density at radius 3 is 2.33 bits per heavy atom. The topological polar surface area (TPSA) is 105 Å². The van der Waals surface area contributed by atoms with Gasteiger partial charge in [-0.1, -0.05) is 11.6 Å². The zero-order chi connectivity index (χ0) is 19.4. The summed E-state index contributed by atoms with van der Waals surface area (Å²) < 4.78 is 37.6. The number of amides is 1. The predicted molar refractivity (Wildman–Crippen MR) is 96.4 cm³/mol. The van der Waals surface area contributed by atoms with Gasteiger partial charge in [-0.05, 0) is 48.5 Å². The molecule has 0 aliphatic carbocycles. The van der Waals surface area contributed by atoms with Crippen LogP contribution in [0.3, 0.4) is 0 Å². The minimum absolute atomic E-state index is 0.00333. The highest BCUT2D eigenvalue weighted by atomic mass is 35.5. The maximum Gasteiger partial charge on any atom is 0.264 e. The Kier molecular flexibility index (Phi) is 5.98. The molecule has 2 N–H and O–H groups in total. The van der Waals surface area contributed by atoms with Crippen molar-refractivity contribution in [3.05, 3.63) is 53.6 Å². The van der Waals surface area contributed by atoms with Crippen molar-refractivity contribution in [2.45, 2.75) is 10.9 Å². The van der Waals surface area contributed by atoms with E-state index in [-0.39, 0.29) is 24.7 Å². The zero-order valence-electron chi connectivity index (χ0n) is 14.0. The Hall–Kier alpha value is -2.17. The van der Waals surface area contributed by atoms with Crippen molar-refractivity contribution < 1.29 is 27.9 Å². The van der Waals surface area contributed by atoms with E-state index in [1.807, 2.05) is 0 Å². The smallest absolute Gasteiger partial charge is 0.264 e. The van der Waals surface area contributed by atoms with E-state index in [1.54, 1.807) is 24.3 Å². The highest BCUT2D eigenvalue weighted by Crippen LogP contribution is 2.26. The van der Waals surface area contributed by atoms with Crippen LogP contribution < -0.4 is 10.2 Å². The molecule has 1 amide bonds. The van der Waals surface area contributed by atoms with E-state index < -0.39 is 22.0 Å². The summed E-state index contributed by atoms with van der Waals surface area (Å²) in [5, 5.41) is 9.41. The lowest BCUT2D eigenvalue weighted by Crippen LogP contribution is -2.55. The van der Waals surface area contributed by atoms with Gasteiger partial charge in [-0.15, -0.1) is 0 Å². The van der Waals surface area contributed by atoms with Gasteiger partial charge in [-0.3, -0.25) is 10.0 Å². The number of nitrogens with one attached hydrogen (secondary N) is 1. The molecule has 0 radical (unpaired) electrons. The van der Waals surface area contributed by atoms with Crippen LogP contribution in [0.25, 0.3) is 0 Å². The fourth-order valence-electron chi connectivity index (χ4n) is 2.61. The molecule has 27 heavy (non-hydrogen) atoms. The number of benzene rings is 2. The van der Waals surface area contributed by atoms with Crippen molar-refractivity contribution in [1.82, 2.24) is 9.79 Å². The molecule has 0 aromatic heterocycles. The molecule has 2 aromatic rings. The summed E-state index contributed by atoms with van der Waals surface area (Å²) in [6, 6.07) is 11.4. The van der Waals surface area contributed by atoms with Crippen LogP contribution in [0.5, 0.6) is 11.5 Å². The lowest BCUT2D eigenvalue weighted by molar-refractivity contribution is -0.137. The molecule has 2 aromatic carbocycles. The number of carbonyl (C=O) groups excluding carboxylic acids is 1. The summed E-state index contributed by atoms with van der Waals surface area (Å²) in [5.74, 6) is 0.159. The van der Waals surface area contributed by atoms with Crippen LogP contribution in [0.2, 0.25) is 5.02 Å². The number of rotatable bonds is 5. The Balaban J connectivity index is 1.80. The summed E-state index contributed by atoms with van der Waals surface area (Å²) in [7, 11) is -3.95. The third kappa shape index (κ3) is 4.40. The number of hydrogen-bond acceptors (Lipinski definition) is 6. The zero-order valence-corrected chi connectivity index (χ0v) is 15.6. The van der Waals surface area contributed by atoms with Gasteiger partial charge in [0.1, 0.15) is 17.5 Å². The van der Waals surface area contributed by atoms with Crippen molar-refractivity contribution in [2.75, 3.05) is 19.8 Å². The molecule has 144 valence electrons. The van der Waals surface area contributed by atoms with E-state index in [2.05, 4.69) is 0 Å². The number of sulfonamides is 1. The fraction of sp³-hybridized carbons (Fsp3) is 0.235. The summed E-state index contributed by atoms with van der Waals surface area (Å²) in [4.78, 5) is 11.8. The second-order valence-corrected chi connectivity index (χ2v) is 8.04. The summed E-state index contributed by atoms with van der Waals surface area (Å²) in [6.07, 6.45) is 0. The highest BCUT2D eigenvalue weighted by molar-refractivity contribution is 7.89. The molecule has 10 heteroatoms. The number of hydroxylamine groups is 1. The monoisotopic (exact) mass is 412 g/mol. The first-order valence-electron chi connectivity index (χ1n) is 7.99. The Bertz CT molecular complexity index is 902. The van der Waals surface area contributed by atoms with Crippen molar-refractivity contribution >= 4 is 27.5 Å². The molecule has 0 bridgehead atoms. The average molecular weight is 413 g/mol. The highest BCUT2D eigenvalue weighted by Gasteiger charge is 2.38. The third-order valence-electron chi connectivity index (χ3n) is 3.97. The fourth-order valence-corrected chi connectivity index (χ4v) is 4.29. The molecule has 1 aliphatic heterocycles. The first kappa shape index (κ1) is 19.6. The second kappa shape index (κ2) is 8.24. The lowest BCUT2D eigenvalue weighted by atomic mass is 10.3. The standard InChI is InChI=1S/C17H17ClN2O6S/c18-12-1-3-13(4-2-12)26-14-5-7-15(8-6-14)27(23,24)20-9-10-25-11-16(20)17(21)19-22/h1-8,16,22H,9-11H2,(H,19,21)/t16-/m1/s1. The van der Waals surface area contributed by atoms with Gasteiger partial charge < -0.3 is 9.47 Å². The van der Waals surface area contributed by atoms with Crippen molar-refractivity contribution in [3.63, 3.8) is 0 Å². The summed E-state index contributed by atoms with van der Waals surface area (Å²) in [6.45, 7) is 0.0268. The lowest BCUT2D eigenvalue weighted by Gasteiger charge is -2.32. The molecular weight excluding hydrogens is 396 g/mol. The van der Waals surface area contributed by atoms with Gasteiger partial charge in [0.15, 0.2) is 0 Å². The maximum atomic E-state index is 12.9. The van der Waals surface area contributed by atoms with Crippen LogP contribution in [-0.2, 0) is 19.6 Å². The molecular formula is C17H17ClN2O6S. The van der Waals surface area contributed by atoms with Crippen LogP contribution in [0.1, 0.15) is 0 Å². The van der Waals surface area contributed by atoms with Gasteiger partial charge in [-0.2, -0.15) is 4.31 Å². The molecule has 0 spiro atoms. The third-order valence-corrected chi connectivity index (χ3v) is 6.15. The number of halogens is 1. The minimum atomic E-state index is -3.95. The van der Waals surface area contributed by atoms with E-state index in [9.17, 15) is 13.2 Å². The number of hydrogen-bond donors (Lipinski definition) is 2. The van der Waals surface area contributed by atoms with Gasteiger partial charge in [0.05, 0.1) is 18.1 Å². The van der Waals surface area contributed by atoms with E-state index in [0.29, 0.717) is 16.5 Å². The van der Waals surface area contributed by atoms with Crippen molar-refractivity contribution in [2.24, 2.45) is 0 Å². The molecule has 1 saturated heterocycles. The van der Waals surface area contributed by atoms with Crippen LogP contribution in [-0.4, -0.2) is 49.6 Å². The first-order valence-corrected chi connectivity index (χ1v) is 9.80. The van der Waals surface area contributed by atoms with Crippen LogP contribution in [0.15, 0.2) is 53.4 Å². The molecule has 1 fully saturated rings. The summed E-state index contributed by atoms with van der Waals surface area (Å²) in [5.41, 5.74) is 1.47. The van der Waals surface area contributed by atoms with Crippen LogP contribution in [0, 0.1) is 0 Å². The number of carbonyl (C=O) groups is 1. The van der Waals surface area contributed by atoms with Gasteiger partial charge in [0.25, 0.3) is 5.91 Å². The molecule has 0 saturated carbocycles. The number of morpholine rings is 1. The van der Waals surface area contributed by atoms with Crippen molar-refractivity contribution in [3.8, 4) is 11.5 Å². The van der Waals surface area contributed by atoms with Crippen molar-refractivity contribution in [1.29, 1.82) is 0 Å². The largest absolute Gasteiger partial charge is 0.457 e. The molecule has 8 nitrogen and oxygen atoms in total. The second-order valence-electron chi connectivity index (χ2n) is 5.71. The Labute approximate surface area is 161 Å². The molecule has 0 unspecified atom stereocenters. The maximum absolute atomic E-state index is 12.9.